The molecule has 0 bridgehead atoms. The van der Waals surface area contributed by atoms with Crippen LogP contribution < -0.4 is 0 Å². The van der Waals surface area contributed by atoms with Crippen LogP contribution in [0.15, 0.2) is 30.3 Å². The highest BCUT2D eigenvalue weighted by atomic mass is 16.3. The average molecular weight is 322 g/mol. The summed E-state index contributed by atoms with van der Waals surface area (Å²) >= 11 is 0. The summed E-state index contributed by atoms with van der Waals surface area (Å²) in [7, 11) is 0. The number of phenolic OH excluding ortho intramolecular Hbond substituents is 1. The molecule has 0 amide bonds. The van der Waals surface area contributed by atoms with Crippen molar-refractivity contribution in [1.82, 2.24) is 0 Å². The summed E-state index contributed by atoms with van der Waals surface area (Å²) < 4.78 is 0. The maximum atomic E-state index is 12.9. The summed E-state index contributed by atoms with van der Waals surface area (Å²) in [5, 5.41) is 20.1. The van der Waals surface area contributed by atoms with Crippen molar-refractivity contribution >= 4 is 17.3 Å². The minimum Gasteiger partial charge on any atom is -0.507 e. The molecule has 0 fully saturated rings. The van der Waals surface area contributed by atoms with E-state index in [-0.39, 0.29) is 45.8 Å². The van der Waals surface area contributed by atoms with Crippen LogP contribution in [0.25, 0.3) is 0 Å². The summed E-state index contributed by atoms with van der Waals surface area (Å²) in [4.78, 5) is 38.1. The molecule has 0 aromatic heterocycles. The van der Waals surface area contributed by atoms with Crippen molar-refractivity contribution in [2.24, 2.45) is 0 Å². The van der Waals surface area contributed by atoms with Crippen molar-refractivity contribution in [2.75, 3.05) is 0 Å². The largest absolute Gasteiger partial charge is 0.507 e. The van der Waals surface area contributed by atoms with E-state index in [0.29, 0.717) is 12.0 Å². The number of Topliss-reactive ketones (excluding diaryl/α,β-unsaturated/α-hetero) is 1. The number of ketones is 3. The summed E-state index contributed by atoms with van der Waals surface area (Å²) in [6, 6.07) is 7.30. The molecule has 0 aliphatic heterocycles. The van der Waals surface area contributed by atoms with Crippen LogP contribution in [-0.4, -0.2) is 33.2 Å². The second kappa shape index (κ2) is 4.61. The van der Waals surface area contributed by atoms with Crippen molar-refractivity contribution < 1.29 is 24.6 Å². The summed E-state index contributed by atoms with van der Waals surface area (Å²) in [5.41, 5.74) is -0.0958. The zero-order valence-corrected chi connectivity index (χ0v) is 12.9. The lowest BCUT2D eigenvalue weighted by atomic mass is 9.73. The van der Waals surface area contributed by atoms with E-state index in [1.807, 2.05) is 0 Å². The maximum absolute atomic E-state index is 12.9. The molecule has 0 saturated heterocycles. The van der Waals surface area contributed by atoms with E-state index in [1.165, 1.54) is 37.3 Å². The fraction of sp³-hybridized carbons (Fsp3) is 0.211. The van der Waals surface area contributed by atoms with Crippen molar-refractivity contribution in [1.29, 1.82) is 0 Å². The van der Waals surface area contributed by atoms with E-state index in [9.17, 15) is 24.6 Å². The lowest BCUT2D eigenvalue weighted by Gasteiger charge is -2.31. The van der Waals surface area contributed by atoms with E-state index >= 15 is 0 Å². The quantitative estimate of drug-likeness (QED) is 0.661. The van der Waals surface area contributed by atoms with Gasteiger partial charge in [-0.25, -0.2) is 0 Å². The number of phenols is 1. The average Bonchev–Trinajstić information content (AvgIpc) is 2.55. The minimum absolute atomic E-state index is 0.00378. The van der Waals surface area contributed by atoms with E-state index in [4.69, 9.17) is 0 Å². The number of fused-ring (bicyclic) bond motifs is 4. The van der Waals surface area contributed by atoms with Gasteiger partial charge in [-0.3, -0.25) is 14.4 Å². The van der Waals surface area contributed by atoms with Crippen LogP contribution in [0.3, 0.4) is 0 Å². The first-order valence-electron chi connectivity index (χ1n) is 7.67. The van der Waals surface area contributed by atoms with Gasteiger partial charge in [0.25, 0.3) is 0 Å². The highest BCUT2D eigenvalue weighted by Crippen LogP contribution is 2.38. The molecule has 2 aromatic carbocycles. The number of carbonyl (C=O) groups excluding carboxylic acids is 3. The number of aliphatic hydroxyl groups is 1. The molecule has 0 spiro atoms. The molecule has 1 atom stereocenters. The Morgan fingerprint density at radius 2 is 1.54 bits per heavy atom. The summed E-state index contributed by atoms with van der Waals surface area (Å²) in [5.74, 6) is -1.46. The number of carbonyl (C=O) groups is 3. The molecule has 2 aromatic rings. The van der Waals surface area contributed by atoms with Gasteiger partial charge in [0.15, 0.2) is 17.3 Å². The third kappa shape index (κ3) is 1.76. The van der Waals surface area contributed by atoms with E-state index in [0.717, 1.165) is 0 Å². The molecule has 0 heterocycles. The van der Waals surface area contributed by atoms with E-state index in [2.05, 4.69) is 0 Å². The van der Waals surface area contributed by atoms with Gasteiger partial charge >= 0.3 is 0 Å². The molecule has 120 valence electrons. The zero-order chi connectivity index (χ0) is 17.2. The zero-order valence-electron chi connectivity index (χ0n) is 12.9. The first-order valence-corrected chi connectivity index (χ1v) is 7.67. The van der Waals surface area contributed by atoms with Gasteiger partial charge < -0.3 is 10.2 Å². The minimum atomic E-state index is -1.46. The number of aromatic hydroxyl groups is 1. The Kier molecular flexibility index (Phi) is 2.84. The van der Waals surface area contributed by atoms with Crippen LogP contribution >= 0.6 is 0 Å². The molecule has 2 aliphatic carbocycles. The highest BCUT2D eigenvalue weighted by molar-refractivity contribution is 6.30. The fourth-order valence-electron chi connectivity index (χ4n) is 3.58. The van der Waals surface area contributed by atoms with Crippen LogP contribution in [0.1, 0.15) is 61.1 Å². The summed E-state index contributed by atoms with van der Waals surface area (Å²) in [6.45, 7) is 1.46. The first kappa shape index (κ1) is 14.8. The molecule has 1 unspecified atom stereocenters. The van der Waals surface area contributed by atoms with Crippen molar-refractivity contribution in [3.63, 3.8) is 0 Å². The Labute approximate surface area is 137 Å². The topological polar surface area (TPSA) is 91.7 Å². The Morgan fingerprint density at radius 1 is 0.917 bits per heavy atom. The predicted octanol–water partition coefficient (Wildman–Crippen LogP) is 2.05. The second-order valence-corrected chi connectivity index (χ2v) is 6.48. The third-order valence-corrected chi connectivity index (χ3v) is 4.89. The number of benzene rings is 2. The molecule has 24 heavy (non-hydrogen) atoms. The number of hydrogen-bond acceptors (Lipinski definition) is 5. The van der Waals surface area contributed by atoms with E-state index < -0.39 is 17.2 Å². The van der Waals surface area contributed by atoms with Crippen LogP contribution in [0.4, 0.5) is 0 Å². The molecular weight excluding hydrogens is 308 g/mol. The molecule has 5 nitrogen and oxygen atoms in total. The normalized spacial score (nSPS) is 22.0. The lowest BCUT2D eigenvalue weighted by molar-refractivity contribution is 0.0340. The molecule has 5 heteroatoms. The lowest BCUT2D eigenvalue weighted by Crippen LogP contribution is -2.40. The van der Waals surface area contributed by atoms with Crippen LogP contribution in [0.2, 0.25) is 0 Å². The molecule has 0 saturated carbocycles. The number of hydrogen-bond donors (Lipinski definition) is 2. The number of rotatable bonds is 0. The van der Waals surface area contributed by atoms with Gasteiger partial charge in [-0.2, -0.15) is 0 Å². The van der Waals surface area contributed by atoms with Crippen molar-refractivity contribution in [3.05, 3.63) is 63.7 Å². The van der Waals surface area contributed by atoms with Crippen molar-refractivity contribution in [2.45, 2.75) is 25.4 Å². The smallest absolute Gasteiger partial charge is 0.198 e. The van der Waals surface area contributed by atoms with Crippen LogP contribution in [0.5, 0.6) is 5.75 Å². The predicted molar refractivity (Wildman–Crippen MR) is 84.7 cm³/mol. The van der Waals surface area contributed by atoms with Gasteiger partial charge in [0.2, 0.25) is 0 Å². The Morgan fingerprint density at radius 3 is 2.29 bits per heavy atom. The third-order valence-electron chi connectivity index (χ3n) is 4.89. The van der Waals surface area contributed by atoms with E-state index in [1.54, 1.807) is 0 Å². The Hall–Kier alpha value is -2.79. The van der Waals surface area contributed by atoms with Crippen LogP contribution in [-0.2, 0) is 6.42 Å². The first-order chi connectivity index (χ1) is 11.3. The highest BCUT2D eigenvalue weighted by Gasteiger charge is 2.41. The summed E-state index contributed by atoms with van der Waals surface area (Å²) in [6.07, 6.45) is 0.536. The molecular formula is C19H14O5. The maximum Gasteiger partial charge on any atom is 0.198 e. The Balaban J connectivity index is 2.00. The second-order valence-electron chi connectivity index (χ2n) is 6.48. The van der Waals surface area contributed by atoms with Gasteiger partial charge in [-0.05, 0) is 37.5 Å². The standard InChI is InChI=1S/C19H14O5/c1-19(24)8-7-9-10(18(19)23)5-6-12-14(9)16(21)11-3-2-4-13(20)15(11)17(12)22/h2-6,20,24H,7-8H2,1H3. The van der Waals surface area contributed by atoms with Gasteiger partial charge in [0.05, 0.1) is 5.56 Å². The van der Waals surface area contributed by atoms with Gasteiger partial charge in [0, 0.05) is 22.3 Å². The van der Waals surface area contributed by atoms with Gasteiger partial charge in [-0.1, -0.05) is 18.2 Å². The Bertz CT molecular complexity index is 952. The SMILES string of the molecule is CC1(O)CCc2c(ccc3c2C(=O)c2cccc(O)c2C3=O)C1=O. The van der Waals surface area contributed by atoms with Crippen molar-refractivity contribution in [3.8, 4) is 5.75 Å². The van der Waals surface area contributed by atoms with Crippen LogP contribution in [0, 0.1) is 0 Å². The fourth-order valence-corrected chi connectivity index (χ4v) is 3.58. The molecule has 2 N–H and O–H groups in total. The molecule has 2 aliphatic rings. The van der Waals surface area contributed by atoms with Gasteiger partial charge in [-0.15, -0.1) is 0 Å². The monoisotopic (exact) mass is 322 g/mol. The molecule has 0 radical (unpaired) electrons. The van der Waals surface area contributed by atoms with Gasteiger partial charge in [0.1, 0.15) is 11.4 Å². The molecule has 4 rings (SSSR count).